The summed E-state index contributed by atoms with van der Waals surface area (Å²) in [6.07, 6.45) is 0.839. The molecule has 3 heteroatoms. The van der Waals surface area contributed by atoms with Gasteiger partial charge in [-0.2, -0.15) is 0 Å². The Balaban J connectivity index is 2.02. The first-order valence-corrected chi connectivity index (χ1v) is 6.14. The van der Waals surface area contributed by atoms with Gasteiger partial charge in [-0.15, -0.1) is 0 Å². The van der Waals surface area contributed by atoms with Gasteiger partial charge in [0, 0.05) is 6.42 Å². The van der Waals surface area contributed by atoms with Gasteiger partial charge in [0.2, 0.25) is 5.75 Å². The lowest BCUT2D eigenvalue weighted by atomic mass is 10.2. The van der Waals surface area contributed by atoms with Gasteiger partial charge in [-0.25, -0.2) is 0 Å². The van der Waals surface area contributed by atoms with E-state index in [0.717, 1.165) is 6.42 Å². The molecule has 2 aromatic carbocycles. The van der Waals surface area contributed by atoms with Gasteiger partial charge < -0.3 is 14.2 Å². The molecule has 1 radical (unpaired) electrons. The summed E-state index contributed by atoms with van der Waals surface area (Å²) >= 11 is 0. The van der Waals surface area contributed by atoms with Crippen molar-refractivity contribution >= 4 is 0 Å². The van der Waals surface area contributed by atoms with Crippen molar-refractivity contribution in [2.24, 2.45) is 0 Å². The lowest BCUT2D eigenvalue weighted by molar-refractivity contribution is 0.277. The number of benzene rings is 2. The van der Waals surface area contributed by atoms with Gasteiger partial charge >= 0.3 is 0 Å². The van der Waals surface area contributed by atoms with E-state index in [2.05, 4.69) is 18.2 Å². The van der Waals surface area contributed by atoms with Crippen LogP contribution in [-0.2, 0) is 6.42 Å². The van der Waals surface area contributed by atoms with E-state index in [4.69, 9.17) is 14.2 Å². The molecule has 2 rings (SSSR count). The Labute approximate surface area is 113 Å². The first-order chi connectivity index (χ1) is 9.35. The van der Waals surface area contributed by atoms with Crippen LogP contribution >= 0.6 is 0 Å². The predicted molar refractivity (Wildman–Crippen MR) is 74.0 cm³/mol. The summed E-state index contributed by atoms with van der Waals surface area (Å²) in [5, 5.41) is 0. The highest BCUT2D eigenvalue weighted by Gasteiger charge is 2.10. The summed E-state index contributed by atoms with van der Waals surface area (Å²) in [4.78, 5) is 0. The van der Waals surface area contributed by atoms with Gasteiger partial charge in [0.15, 0.2) is 11.5 Å². The third kappa shape index (κ3) is 3.41. The molecular weight excluding hydrogens is 240 g/mol. The fourth-order valence-corrected chi connectivity index (χ4v) is 1.81. The van der Waals surface area contributed by atoms with Crippen LogP contribution < -0.4 is 14.2 Å². The van der Waals surface area contributed by atoms with E-state index in [1.807, 2.05) is 18.2 Å². The second kappa shape index (κ2) is 6.69. The minimum Gasteiger partial charge on any atom is -0.493 e. The first-order valence-electron chi connectivity index (χ1n) is 6.14. The maximum atomic E-state index is 5.78. The molecule has 0 aliphatic rings. The predicted octanol–water partition coefficient (Wildman–Crippen LogP) is 3.13. The Bertz CT molecular complexity index is 486. The van der Waals surface area contributed by atoms with E-state index in [1.165, 1.54) is 5.56 Å². The van der Waals surface area contributed by atoms with Crippen LogP contribution in [0.4, 0.5) is 0 Å². The Morgan fingerprint density at radius 1 is 0.947 bits per heavy atom. The van der Waals surface area contributed by atoms with E-state index in [0.29, 0.717) is 23.9 Å². The topological polar surface area (TPSA) is 27.7 Å². The second-order valence-corrected chi connectivity index (χ2v) is 4.01. The fraction of sp³-hybridized carbons (Fsp3) is 0.250. The van der Waals surface area contributed by atoms with E-state index >= 15 is 0 Å². The molecule has 0 aliphatic carbocycles. The first kappa shape index (κ1) is 13.3. The van der Waals surface area contributed by atoms with Gasteiger partial charge in [0.25, 0.3) is 0 Å². The minimum atomic E-state index is 0.570. The van der Waals surface area contributed by atoms with Crippen molar-refractivity contribution < 1.29 is 14.2 Å². The molecule has 0 atom stereocenters. The number of ether oxygens (including phenoxy) is 3. The summed E-state index contributed by atoms with van der Waals surface area (Å²) in [6.45, 7) is 0.570. The largest absolute Gasteiger partial charge is 0.493 e. The number of hydrogen-bond donors (Lipinski definition) is 0. The van der Waals surface area contributed by atoms with Crippen LogP contribution in [0.3, 0.4) is 0 Å². The second-order valence-electron chi connectivity index (χ2n) is 4.01. The van der Waals surface area contributed by atoms with E-state index in [-0.39, 0.29) is 0 Å². The lowest BCUT2D eigenvalue weighted by Gasteiger charge is -2.13. The summed E-state index contributed by atoms with van der Waals surface area (Å²) in [5.74, 6) is 1.89. The average molecular weight is 257 g/mol. The maximum Gasteiger partial charge on any atom is 0.203 e. The van der Waals surface area contributed by atoms with Crippen LogP contribution in [-0.4, -0.2) is 20.8 Å². The van der Waals surface area contributed by atoms with Crippen LogP contribution in [0.25, 0.3) is 0 Å². The number of hydrogen-bond acceptors (Lipinski definition) is 3. The normalized spacial score (nSPS) is 10.0. The maximum absolute atomic E-state index is 5.78. The summed E-state index contributed by atoms with van der Waals surface area (Å²) in [6, 6.07) is 16.6. The quantitative estimate of drug-likeness (QED) is 0.795. The third-order valence-electron chi connectivity index (χ3n) is 2.80. The molecule has 0 saturated carbocycles. The molecule has 0 aliphatic heterocycles. The van der Waals surface area contributed by atoms with Gasteiger partial charge in [-0.3, -0.25) is 0 Å². The van der Waals surface area contributed by atoms with Crippen molar-refractivity contribution in [2.75, 3.05) is 20.8 Å². The fourth-order valence-electron chi connectivity index (χ4n) is 1.81. The molecule has 0 fully saturated rings. The van der Waals surface area contributed by atoms with Crippen molar-refractivity contribution in [3.8, 4) is 17.2 Å². The molecule has 0 amide bonds. The van der Waals surface area contributed by atoms with Crippen molar-refractivity contribution in [2.45, 2.75) is 6.42 Å². The molecule has 0 aromatic heterocycles. The van der Waals surface area contributed by atoms with Gasteiger partial charge in [0.1, 0.15) is 0 Å². The summed E-state index contributed by atoms with van der Waals surface area (Å²) < 4.78 is 16.3. The molecule has 19 heavy (non-hydrogen) atoms. The highest BCUT2D eigenvalue weighted by Crippen LogP contribution is 2.36. The molecule has 3 nitrogen and oxygen atoms in total. The summed E-state index contributed by atoms with van der Waals surface area (Å²) in [7, 11) is 3.21. The monoisotopic (exact) mass is 257 g/mol. The molecule has 0 heterocycles. The zero-order valence-electron chi connectivity index (χ0n) is 11.2. The minimum absolute atomic E-state index is 0.570. The number of rotatable bonds is 6. The highest BCUT2D eigenvalue weighted by molar-refractivity contribution is 5.50. The molecule has 0 bridgehead atoms. The van der Waals surface area contributed by atoms with Gasteiger partial charge in [0.05, 0.1) is 20.8 Å². The lowest BCUT2D eigenvalue weighted by Crippen LogP contribution is -2.04. The smallest absolute Gasteiger partial charge is 0.203 e. The van der Waals surface area contributed by atoms with Gasteiger partial charge in [-0.1, -0.05) is 30.3 Å². The SMILES string of the molecule is COc1c[c]cc(OC)c1OCCc1ccccc1. The number of methoxy groups -OCH3 is 2. The zero-order chi connectivity index (χ0) is 13.5. The van der Waals surface area contributed by atoms with E-state index < -0.39 is 0 Å². The standard InChI is InChI=1S/C16H17O3/c1-17-14-9-6-10-15(18-2)16(14)19-12-11-13-7-4-3-5-8-13/h3-5,7-10H,11-12H2,1-2H3. The summed E-state index contributed by atoms with van der Waals surface area (Å²) in [5.41, 5.74) is 1.24. The third-order valence-corrected chi connectivity index (χ3v) is 2.80. The van der Waals surface area contributed by atoms with Gasteiger partial charge in [-0.05, 0) is 23.8 Å². The Morgan fingerprint density at radius 3 is 2.16 bits per heavy atom. The van der Waals surface area contributed by atoms with E-state index in [9.17, 15) is 0 Å². The van der Waals surface area contributed by atoms with Crippen molar-refractivity contribution in [1.82, 2.24) is 0 Å². The average Bonchev–Trinajstić information content (AvgIpc) is 2.48. The molecule has 0 spiro atoms. The molecular formula is C16H17O3. The van der Waals surface area contributed by atoms with Crippen molar-refractivity contribution in [3.05, 3.63) is 54.1 Å². The molecule has 99 valence electrons. The van der Waals surface area contributed by atoms with Crippen LogP contribution in [0, 0.1) is 6.07 Å². The molecule has 0 unspecified atom stereocenters. The van der Waals surface area contributed by atoms with E-state index in [1.54, 1.807) is 26.4 Å². The molecule has 0 saturated heterocycles. The molecule has 0 N–H and O–H groups in total. The Hall–Kier alpha value is -2.16. The van der Waals surface area contributed by atoms with Crippen molar-refractivity contribution in [1.29, 1.82) is 0 Å². The Kier molecular flexibility index (Phi) is 4.67. The highest BCUT2D eigenvalue weighted by atomic mass is 16.5. The van der Waals surface area contributed by atoms with Crippen LogP contribution in [0.15, 0.2) is 42.5 Å². The molecule has 2 aromatic rings. The zero-order valence-corrected chi connectivity index (χ0v) is 11.2. The van der Waals surface area contributed by atoms with Crippen LogP contribution in [0.5, 0.6) is 17.2 Å². The van der Waals surface area contributed by atoms with Crippen LogP contribution in [0.2, 0.25) is 0 Å². The Morgan fingerprint density at radius 2 is 1.58 bits per heavy atom. The van der Waals surface area contributed by atoms with Crippen LogP contribution in [0.1, 0.15) is 5.56 Å². The van der Waals surface area contributed by atoms with Crippen molar-refractivity contribution in [3.63, 3.8) is 0 Å².